The topological polar surface area (TPSA) is 39.3 Å². The molecule has 2 aliphatic rings. The van der Waals surface area contributed by atoms with Crippen LogP contribution in [0.1, 0.15) is 34.7 Å². The molecule has 0 bridgehead atoms. The van der Waals surface area contributed by atoms with Crippen molar-refractivity contribution in [2.75, 3.05) is 0 Å². The third-order valence-corrected chi connectivity index (χ3v) is 8.47. The smallest absolute Gasteiger partial charge is 0.271 e. The van der Waals surface area contributed by atoms with Gasteiger partial charge in [-0.15, -0.1) is 6.58 Å². The Balaban J connectivity index is 1.48. The molecule has 0 saturated carbocycles. The summed E-state index contributed by atoms with van der Waals surface area (Å²) >= 11 is 1.41. The van der Waals surface area contributed by atoms with Gasteiger partial charge in [0.05, 0.1) is 16.3 Å². The zero-order valence-corrected chi connectivity index (χ0v) is 21.4. The Bertz CT molecular complexity index is 1960. The molecule has 0 fully saturated rings. The molecule has 0 radical (unpaired) electrons. The quantitative estimate of drug-likeness (QED) is 0.286. The molecule has 0 amide bonds. The van der Waals surface area contributed by atoms with E-state index in [0.29, 0.717) is 15.9 Å². The van der Waals surface area contributed by atoms with Gasteiger partial charge in [0.2, 0.25) is 0 Å². The van der Waals surface area contributed by atoms with Gasteiger partial charge in [0.1, 0.15) is 5.82 Å². The maximum Gasteiger partial charge on any atom is 0.271 e. The number of halogens is 1. The molecule has 3 heterocycles. The van der Waals surface area contributed by atoms with E-state index in [-0.39, 0.29) is 17.4 Å². The van der Waals surface area contributed by atoms with Crippen molar-refractivity contribution in [2.24, 2.45) is 4.99 Å². The van der Waals surface area contributed by atoms with E-state index in [1.54, 1.807) is 16.7 Å². The summed E-state index contributed by atoms with van der Waals surface area (Å²) in [7, 11) is 0. The Morgan fingerprint density at radius 2 is 1.82 bits per heavy atom. The molecule has 0 saturated heterocycles. The highest BCUT2D eigenvalue weighted by atomic mass is 32.1. The fraction of sp³-hybridized carbons (Fsp3) is 0.125. The molecule has 6 heteroatoms. The Hall–Kier alpha value is -4.29. The maximum absolute atomic E-state index is 14.0. The van der Waals surface area contributed by atoms with Gasteiger partial charge in [-0.25, -0.2) is 9.38 Å². The number of hydrogen-bond donors (Lipinski definition) is 0. The number of nitrogens with zero attached hydrogens (tertiary/aromatic N) is 3. The van der Waals surface area contributed by atoms with E-state index in [4.69, 9.17) is 4.99 Å². The molecule has 7 rings (SSSR count). The summed E-state index contributed by atoms with van der Waals surface area (Å²) < 4.78 is 18.5. The minimum absolute atomic E-state index is 0.0750. The summed E-state index contributed by atoms with van der Waals surface area (Å²) in [5, 5.41) is 1.09. The summed E-state index contributed by atoms with van der Waals surface area (Å²) in [6.07, 6.45) is 7.61. The fourth-order valence-corrected chi connectivity index (χ4v) is 6.78. The van der Waals surface area contributed by atoms with Crippen molar-refractivity contribution in [3.05, 3.63) is 145 Å². The first-order valence-corrected chi connectivity index (χ1v) is 13.5. The zero-order chi connectivity index (χ0) is 25.8. The zero-order valence-electron chi connectivity index (χ0n) is 20.6. The number of fused-ring (bicyclic) bond motifs is 4. The Kier molecular flexibility index (Phi) is 5.37. The van der Waals surface area contributed by atoms with E-state index < -0.39 is 0 Å². The standard InChI is InChI=1S/C32H24FN3OS/c1-2-17-35-19-22(24-8-5-6-10-27(24)35)18-28-31(37)36-30(21-11-14-23(33)15-12-21)26-16-13-20-7-3-4-9-25(20)29(26)34-32(36)38-28/h2-12,14-15,18-19,30H,1,13,16-17H2/b28-18+. The molecular formula is C32H24FN3OS. The number of allylic oxidation sites excluding steroid dienone is 2. The second-order valence-electron chi connectivity index (χ2n) is 9.71. The van der Waals surface area contributed by atoms with Gasteiger partial charge in [0, 0.05) is 34.8 Å². The van der Waals surface area contributed by atoms with Crippen LogP contribution in [0.4, 0.5) is 4.39 Å². The fourth-order valence-electron chi connectivity index (χ4n) is 5.79. The summed E-state index contributed by atoms with van der Waals surface area (Å²) in [5.41, 5.74) is 7.33. The van der Waals surface area contributed by atoms with Crippen LogP contribution in [0, 0.1) is 5.82 Å². The summed E-state index contributed by atoms with van der Waals surface area (Å²) in [6.45, 7) is 4.57. The molecule has 4 nitrogen and oxygen atoms in total. The molecular weight excluding hydrogens is 493 g/mol. The van der Waals surface area contributed by atoms with Gasteiger partial charge in [-0.05, 0) is 53.8 Å². The van der Waals surface area contributed by atoms with E-state index >= 15 is 0 Å². The van der Waals surface area contributed by atoms with Gasteiger partial charge < -0.3 is 4.57 Å². The lowest BCUT2D eigenvalue weighted by Crippen LogP contribution is -2.38. The predicted molar refractivity (Wildman–Crippen MR) is 151 cm³/mol. The van der Waals surface area contributed by atoms with Gasteiger partial charge in [0.15, 0.2) is 4.80 Å². The van der Waals surface area contributed by atoms with Crippen molar-refractivity contribution in [3.63, 3.8) is 0 Å². The first kappa shape index (κ1) is 22.9. The van der Waals surface area contributed by atoms with Crippen LogP contribution in [0.2, 0.25) is 0 Å². The molecule has 1 aliphatic heterocycles. The molecule has 1 atom stereocenters. The predicted octanol–water partition coefficient (Wildman–Crippen LogP) is 5.60. The molecule has 2 aromatic heterocycles. The van der Waals surface area contributed by atoms with E-state index in [0.717, 1.165) is 51.7 Å². The first-order valence-electron chi connectivity index (χ1n) is 12.7. The Morgan fingerprint density at radius 3 is 2.66 bits per heavy atom. The van der Waals surface area contributed by atoms with E-state index in [1.807, 2.05) is 30.4 Å². The molecule has 0 N–H and O–H groups in total. The van der Waals surface area contributed by atoms with Crippen molar-refractivity contribution in [3.8, 4) is 0 Å². The lowest BCUT2D eigenvalue weighted by molar-refractivity contribution is 0.581. The van der Waals surface area contributed by atoms with E-state index in [9.17, 15) is 9.18 Å². The monoisotopic (exact) mass is 517 g/mol. The summed E-state index contributed by atoms with van der Waals surface area (Å²) in [6, 6.07) is 22.7. The SMILES string of the molecule is C=CCn1cc(/C=c2/sc3n(c2=O)C(c2ccc(F)cc2)C2=C(N=3)c3ccccc3CC2)c2ccccc21. The molecule has 38 heavy (non-hydrogen) atoms. The molecule has 186 valence electrons. The van der Waals surface area contributed by atoms with Crippen molar-refractivity contribution in [1.82, 2.24) is 9.13 Å². The lowest BCUT2D eigenvalue weighted by atomic mass is 9.83. The highest BCUT2D eigenvalue weighted by molar-refractivity contribution is 7.07. The van der Waals surface area contributed by atoms with E-state index in [2.05, 4.69) is 47.7 Å². The largest absolute Gasteiger partial charge is 0.343 e. The van der Waals surface area contributed by atoms with Crippen LogP contribution in [-0.2, 0) is 13.0 Å². The van der Waals surface area contributed by atoms with Crippen molar-refractivity contribution < 1.29 is 4.39 Å². The number of rotatable bonds is 4. The average Bonchev–Trinajstić information content (AvgIpc) is 3.45. The van der Waals surface area contributed by atoms with Gasteiger partial charge in [-0.1, -0.05) is 72.0 Å². The number of hydrogen-bond acceptors (Lipinski definition) is 3. The minimum Gasteiger partial charge on any atom is -0.343 e. The Labute approximate surface area is 222 Å². The van der Waals surface area contributed by atoms with Crippen LogP contribution in [0.5, 0.6) is 0 Å². The van der Waals surface area contributed by atoms with Crippen LogP contribution in [0.25, 0.3) is 22.7 Å². The molecule has 0 spiro atoms. The molecule has 1 unspecified atom stereocenters. The van der Waals surface area contributed by atoms with E-state index in [1.165, 1.54) is 29.0 Å². The number of thiazole rings is 1. The minimum atomic E-state index is -0.320. The summed E-state index contributed by atoms with van der Waals surface area (Å²) in [5.74, 6) is -0.291. The van der Waals surface area contributed by atoms with Crippen LogP contribution in [0.15, 0.2) is 107 Å². The molecule has 5 aromatic rings. The normalized spacial score (nSPS) is 16.7. The number of aryl methyl sites for hydroxylation is 1. The van der Waals surface area contributed by atoms with Crippen molar-refractivity contribution in [2.45, 2.75) is 25.4 Å². The second-order valence-corrected chi connectivity index (χ2v) is 10.7. The number of aromatic nitrogens is 2. The van der Waals surface area contributed by atoms with Crippen LogP contribution >= 0.6 is 11.3 Å². The third kappa shape index (κ3) is 3.56. The van der Waals surface area contributed by atoms with Crippen LogP contribution in [-0.4, -0.2) is 9.13 Å². The Morgan fingerprint density at radius 1 is 1.03 bits per heavy atom. The van der Waals surface area contributed by atoms with Gasteiger partial charge in [0.25, 0.3) is 5.56 Å². The average molecular weight is 518 g/mol. The highest BCUT2D eigenvalue weighted by Crippen LogP contribution is 2.41. The van der Waals surface area contributed by atoms with Crippen molar-refractivity contribution >= 4 is 34.0 Å². The maximum atomic E-state index is 14.0. The van der Waals surface area contributed by atoms with Crippen LogP contribution < -0.4 is 14.9 Å². The van der Waals surface area contributed by atoms with Gasteiger partial charge in [-0.3, -0.25) is 9.36 Å². The number of para-hydroxylation sites is 1. The van der Waals surface area contributed by atoms with Crippen molar-refractivity contribution in [1.29, 1.82) is 0 Å². The molecule has 1 aliphatic carbocycles. The first-order chi connectivity index (χ1) is 18.6. The molecule has 3 aromatic carbocycles. The third-order valence-electron chi connectivity index (χ3n) is 7.49. The lowest BCUT2D eigenvalue weighted by Gasteiger charge is -2.30. The summed E-state index contributed by atoms with van der Waals surface area (Å²) in [4.78, 5) is 19.8. The highest BCUT2D eigenvalue weighted by Gasteiger charge is 2.32. The number of benzene rings is 3. The second kappa shape index (κ2) is 8.92. The van der Waals surface area contributed by atoms with Crippen LogP contribution in [0.3, 0.4) is 0 Å². The van der Waals surface area contributed by atoms with Gasteiger partial charge >= 0.3 is 0 Å². The van der Waals surface area contributed by atoms with Gasteiger partial charge in [-0.2, -0.15) is 0 Å².